The lowest BCUT2D eigenvalue weighted by Gasteiger charge is -2.24. The molecule has 0 nitrogen and oxygen atoms in total. The van der Waals surface area contributed by atoms with E-state index in [1.165, 1.54) is 32.1 Å². The van der Waals surface area contributed by atoms with Crippen molar-refractivity contribution in [3.63, 3.8) is 0 Å². The van der Waals surface area contributed by atoms with Gasteiger partial charge in [0, 0.05) is 1.43 Å². The lowest BCUT2D eigenvalue weighted by atomic mass is 9.82. The minimum atomic E-state index is 0. The van der Waals surface area contributed by atoms with E-state index in [4.69, 9.17) is 0 Å². The molecule has 0 heteroatoms. The highest BCUT2D eigenvalue weighted by atomic mass is 14.2. The van der Waals surface area contributed by atoms with Gasteiger partial charge in [0.15, 0.2) is 0 Å². The van der Waals surface area contributed by atoms with Crippen molar-refractivity contribution in [1.29, 1.82) is 0 Å². The fraction of sp³-hybridized carbons (Fsp3) is 1.00. The first kappa shape index (κ1) is 7.11. The van der Waals surface area contributed by atoms with Crippen molar-refractivity contribution in [3.05, 3.63) is 0 Å². The number of hydrogen-bond acceptors (Lipinski definition) is 0. The third kappa shape index (κ3) is 2.00. The monoisotopic (exact) mass is 128 g/mol. The maximum absolute atomic E-state index is 2.36. The smallest absolute Gasteiger partial charge is 0 e. The number of hydrogen-bond donors (Lipinski definition) is 0. The Morgan fingerprint density at radius 3 is 2.00 bits per heavy atom. The lowest BCUT2D eigenvalue weighted by molar-refractivity contribution is 0.279. The fourth-order valence-electron chi connectivity index (χ4n) is 1.80. The van der Waals surface area contributed by atoms with Gasteiger partial charge in [0.05, 0.1) is 0 Å². The summed E-state index contributed by atoms with van der Waals surface area (Å²) in [7, 11) is 0. The van der Waals surface area contributed by atoms with Crippen molar-refractivity contribution in [3.8, 4) is 0 Å². The second-order valence-electron chi connectivity index (χ2n) is 3.64. The molecule has 1 aliphatic carbocycles. The van der Waals surface area contributed by atoms with Crippen LogP contribution in [0.3, 0.4) is 0 Å². The van der Waals surface area contributed by atoms with Crippen molar-refractivity contribution in [2.75, 3.05) is 0 Å². The van der Waals surface area contributed by atoms with Gasteiger partial charge in [-0.2, -0.15) is 0 Å². The summed E-state index contributed by atoms with van der Waals surface area (Å²) in [5, 5.41) is 0. The minimum absolute atomic E-state index is 0. The van der Waals surface area contributed by atoms with Crippen LogP contribution in [0, 0.1) is 11.8 Å². The molecule has 0 heterocycles. The Morgan fingerprint density at radius 2 is 1.67 bits per heavy atom. The topological polar surface area (TPSA) is 0 Å². The van der Waals surface area contributed by atoms with Crippen LogP contribution >= 0.6 is 0 Å². The van der Waals surface area contributed by atoms with Crippen molar-refractivity contribution in [2.45, 2.75) is 46.0 Å². The molecule has 0 aliphatic heterocycles. The molecule has 1 saturated carbocycles. The van der Waals surface area contributed by atoms with Gasteiger partial charge in [-0.3, -0.25) is 0 Å². The molecule has 0 aromatic carbocycles. The van der Waals surface area contributed by atoms with E-state index in [9.17, 15) is 0 Å². The molecule has 0 aromatic heterocycles. The highest BCUT2D eigenvalue weighted by Crippen LogP contribution is 2.29. The van der Waals surface area contributed by atoms with Crippen LogP contribution in [-0.2, 0) is 0 Å². The Bertz CT molecular complexity index is 72.8. The zero-order valence-corrected chi connectivity index (χ0v) is 6.69. The van der Waals surface area contributed by atoms with Gasteiger partial charge < -0.3 is 0 Å². The van der Waals surface area contributed by atoms with Gasteiger partial charge in [0.2, 0.25) is 0 Å². The van der Waals surface area contributed by atoms with Crippen molar-refractivity contribution in [1.82, 2.24) is 0 Å². The van der Waals surface area contributed by atoms with E-state index in [1.54, 1.807) is 0 Å². The van der Waals surface area contributed by atoms with E-state index in [-0.39, 0.29) is 1.43 Å². The molecule has 0 aromatic rings. The maximum Gasteiger partial charge on any atom is 0 e. The SMILES string of the molecule is CC(C)C1CCCCC1.[HH]. The average molecular weight is 128 g/mol. The van der Waals surface area contributed by atoms with E-state index in [1.807, 2.05) is 0 Å². The normalized spacial score (nSPS) is 23.0. The molecule has 0 atom stereocenters. The van der Waals surface area contributed by atoms with Crippen LogP contribution < -0.4 is 0 Å². The van der Waals surface area contributed by atoms with Gasteiger partial charge in [-0.25, -0.2) is 0 Å². The third-order valence-electron chi connectivity index (χ3n) is 2.59. The van der Waals surface area contributed by atoms with Gasteiger partial charge in [-0.05, 0) is 11.8 Å². The van der Waals surface area contributed by atoms with E-state index < -0.39 is 0 Å². The maximum atomic E-state index is 2.36. The Kier molecular flexibility index (Phi) is 2.56. The van der Waals surface area contributed by atoms with Crippen LogP contribution in [0.4, 0.5) is 0 Å². The van der Waals surface area contributed by atoms with Crippen LogP contribution in [0.1, 0.15) is 47.4 Å². The Morgan fingerprint density at radius 1 is 1.11 bits per heavy atom. The van der Waals surface area contributed by atoms with E-state index in [0.29, 0.717) is 0 Å². The van der Waals surface area contributed by atoms with Gasteiger partial charge in [0.25, 0.3) is 0 Å². The highest BCUT2D eigenvalue weighted by Gasteiger charge is 2.15. The Hall–Kier alpha value is 0. The summed E-state index contributed by atoms with van der Waals surface area (Å²) >= 11 is 0. The highest BCUT2D eigenvalue weighted by molar-refractivity contribution is 4.67. The summed E-state index contributed by atoms with van der Waals surface area (Å²) in [6.45, 7) is 4.71. The first-order valence-electron chi connectivity index (χ1n) is 4.30. The summed E-state index contributed by atoms with van der Waals surface area (Å²) in [6.07, 6.45) is 7.46. The van der Waals surface area contributed by atoms with Gasteiger partial charge in [-0.1, -0.05) is 46.0 Å². The van der Waals surface area contributed by atoms with Gasteiger partial charge in [-0.15, -0.1) is 0 Å². The predicted molar refractivity (Wildman–Crippen MR) is 43.5 cm³/mol. The molecule has 0 amide bonds. The predicted octanol–water partition coefficient (Wildman–Crippen LogP) is 3.47. The molecule has 1 aliphatic rings. The van der Waals surface area contributed by atoms with Gasteiger partial charge in [0.1, 0.15) is 0 Å². The Labute approximate surface area is 60.1 Å². The van der Waals surface area contributed by atoms with Crippen LogP contribution in [0.15, 0.2) is 0 Å². The standard InChI is InChI=1S/C9H18.H2/c1-8(2)9-6-4-3-5-7-9;/h8-9H,3-7H2,1-2H3;1H. The lowest BCUT2D eigenvalue weighted by Crippen LogP contribution is -2.12. The fourth-order valence-corrected chi connectivity index (χ4v) is 1.80. The summed E-state index contributed by atoms with van der Waals surface area (Å²) < 4.78 is 0. The van der Waals surface area contributed by atoms with Crippen LogP contribution in [0.25, 0.3) is 0 Å². The third-order valence-corrected chi connectivity index (χ3v) is 2.59. The zero-order valence-electron chi connectivity index (χ0n) is 6.69. The van der Waals surface area contributed by atoms with Crippen LogP contribution in [-0.4, -0.2) is 0 Å². The van der Waals surface area contributed by atoms with Crippen LogP contribution in [0.2, 0.25) is 0 Å². The molecular weight excluding hydrogens is 108 g/mol. The largest absolute Gasteiger partial charge is 0.0625 e. The van der Waals surface area contributed by atoms with Crippen molar-refractivity contribution < 1.29 is 1.43 Å². The second kappa shape index (κ2) is 3.24. The number of rotatable bonds is 1. The first-order valence-corrected chi connectivity index (χ1v) is 4.30. The van der Waals surface area contributed by atoms with Crippen molar-refractivity contribution in [2.24, 2.45) is 11.8 Å². The molecule has 1 fully saturated rings. The molecular formula is C9H20. The second-order valence-corrected chi connectivity index (χ2v) is 3.64. The summed E-state index contributed by atoms with van der Waals surface area (Å²) in [5.74, 6) is 1.99. The molecule has 0 bridgehead atoms. The molecule has 56 valence electrons. The molecule has 0 spiro atoms. The Balaban J connectivity index is 0.000000810. The van der Waals surface area contributed by atoms with E-state index in [0.717, 1.165) is 11.8 Å². The average Bonchev–Trinajstić information content (AvgIpc) is 1.90. The minimum Gasteiger partial charge on any atom is -0.0625 e. The van der Waals surface area contributed by atoms with E-state index >= 15 is 0 Å². The summed E-state index contributed by atoms with van der Waals surface area (Å²) in [4.78, 5) is 0. The quantitative estimate of drug-likeness (QED) is 0.507. The molecule has 9 heavy (non-hydrogen) atoms. The molecule has 0 unspecified atom stereocenters. The zero-order chi connectivity index (χ0) is 6.69. The van der Waals surface area contributed by atoms with Crippen molar-refractivity contribution >= 4 is 0 Å². The van der Waals surface area contributed by atoms with E-state index in [2.05, 4.69) is 13.8 Å². The molecule has 0 radical (unpaired) electrons. The molecule has 0 N–H and O–H groups in total. The summed E-state index contributed by atoms with van der Waals surface area (Å²) in [5.41, 5.74) is 0. The molecule has 0 saturated heterocycles. The van der Waals surface area contributed by atoms with Gasteiger partial charge >= 0.3 is 0 Å². The first-order chi connectivity index (χ1) is 4.30. The molecule has 1 rings (SSSR count). The van der Waals surface area contributed by atoms with Crippen LogP contribution in [0.5, 0.6) is 0 Å². The summed E-state index contributed by atoms with van der Waals surface area (Å²) in [6, 6.07) is 0.